The van der Waals surface area contributed by atoms with E-state index >= 15 is 0 Å². The summed E-state index contributed by atoms with van der Waals surface area (Å²) in [6, 6.07) is 21.9. The number of hydrogen-bond donors (Lipinski definition) is 0. The number of hydrogen-bond acceptors (Lipinski definition) is 2. The molecule has 5 rings (SSSR count). The monoisotopic (exact) mass is 354 g/mol. The van der Waals surface area contributed by atoms with Crippen LogP contribution in [-0.2, 0) is 4.74 Å². The Balaban J connectivity index is 1.94. The van der Waals surface area contributed by atoms with Gasteiger partial charge in [0.15, 0.2) is 6.29 Å². The number of rotatable bonds is 4. The first-order chi connectivity index (χ1) is 13.2. The molecule has 0 saturated heterocycles. The van der Waals surface area contributed by atoms with Crippen LogP contribution in [0.5, 0.6) is 5.75 Å². The average Bonchev–Trinajstić information content (AvgIpc) is 2.67. The molecule has 0 heterocycles. The van der Waals surface area contributed by atoms with Crippen molar-refractivity contribution in [3.63, 3.8) is 0 Å². The second-order valence-corrected chi connectivity index (χ2v) is 7.17. The second kappa shape index (κ2) is 6.11. The van der Waals surface area contributed by atoms with Crippen molar-refractivity contribution in [2.24, 2.45) is 0 Å². The SMILES string of the molecule is CCOC(C)Oc1cc2c(C)ccc3c4cccc5cccc(c(c1)c23)c54. The van der Waals surface area contributed by atoms with Crippen LogP contribution in [0.25, 0.3) is 43.1 Å². The van der Waals surface area contributed by atoms with Gasteiger partial charge in [-0.2, -0.15) is 0 Å². The van der Waals surface area contributed by atoms with Crippen molar-refractivity contribution in [2.45, 2.75) is 27.1 Å². The molecule has 0 N–H and O–H groups in total. The Morgan fingerprint density at radius 1 is 0.778 bits per heavy atom. The number of benzene rings is 5. The topological polar surface area (TPSA) is 18.5 Å². The predicted octanol–water partition coefficient (Wildman–Crippen LogP) is 6.81. The van der Waals surface area contributed by atoms with E-state index in [-0.39, 0.29) is 6.29 Å². The van der Waals surface area contributed by atoms with Crippen molar-refractivity contribution >= 4 is 43.1 Å². The lowest BCUT2D eigenvalue weighted by Gasteiger charge is -2.19. The summed E-state index contributed by atoms with van der Waals surface area (Å²) < 4.78 is 11.7. The number of fused-ring (bicyclic) bond motifs is 2. The minimum atomic E-state index is -0.269. The van der Waals surface area contributed by atoms with Gasteiger partial charge in [-0.3, -0.25) is 0 Å². The molecule has 0 spiro atoms. The molecule has 0 radical (unpaired) electrons. The molecule has 0 aliphatic carbocycles. The molecule has 5 aromatic rings. The van der Waals surface area contributed by atoms with Gasteiger partial charge in [0.2, 0.25) is 0 Å². The summed E-state index contributed by atoms with van der Waals surface area (Å²) in [5.41, 5.74) is 1.26. The number of ether oxygens (including phenoxy) is 2. The Morgan fingerprint density at radius 2 is 1.44 bits per heavy atom. The second-order valence-electron chi connectivity index (χ2n) is 7.17. The van der Waals surface area contributed by atoms with Crippen LogP contribution in [0.2, 0.25) is 0 Å². The maximum atomic E-state index is 6.09. The summed E-state index contributed by atoms with van der Waals surface area (Å²) in [6.45, 7) is 6.73. The van der Waals surface area contributed by atoms with Crippen LogP contribution >= 0.6 is 0 Å². The highest BCUT2D eigenvalue weighted by Gasteiger charge is 2.15. The zero-order valence-corrected chi connectivity index (χ0v) is 15.9. The van der Waals surface area contributed by atoms with E-state index in [0.29, 0.717) is 6.61 Å². The Hall–Kier alpha value is -2.84. The van der Waals surface area contributed by atoms with Crippen LogP contribution in [0.1, 0.15) is 19.4 Å². The lowest BCUT2D eigenvalue weighted by atomic mass is 9.88. The molecular formula is C25H22O2. The standard InChI is InChI=1S/C25H22O2/c1-4-26-16(3)27-18-13-22-15(2)11-12-21-19-9-5-7-17-8-6-10-20(24(17)19)23(14-18)25(21)22/h5-14,16H,4H2,1-3H3. The van der Waals surface area contributed by atoms with E-state index in [4.69, 9.17) is 9.47 Å². The summed E-state index contributed by atoms with van der Waals surface area (Å²) in [4.78, 5) is 0. The summed E-state index contributed by atoms with van der Waals surface area (Å²) in [7, 11) is 0. The van der Waals surface area contributed by atoms with Crippen LogP contribution in [0.4, 0.5) is 0 Å². The molecule has 134 valence electrons. The van der Waals surface area contributed by atoms with Crippen molar-refractivity contribution in [3.8, 4) is 5.75 Å². The van der Waals surface area contributed by atoms with Crippen molar-refractivity contribution in [2.75, 3.05) is 6.61 Å². The molecule has 0 fully saturated rings. The highest BCUT2D eigenvalue weighted by molar-refractivity contribution is 6.33. The molecule has 0 aliphatic rings. The third kappa shape index (κ3) is 2.44. The highest BCUT2D eigenvalue weighted by Crippen LogP contribution is 2.42. The van der Waals surface area contributed by atoms with Crippen molar-refractivity contribution in [1.29, 1.82) is 0 Å². The van der Waals surface area contributed by atoms with Crippen LogP contribution in [0.15, 0.2) is 60.7 Å². The summed E-state index contributed by atoms with van der Waals surface area (Å²) in [5.74, 6) is 0.857. The third-order valence-electron chi connectivity index (χ3n) is 5.49. The van der Waals surface area contributed by atoms with Crippen LogP contribution in [-0.4, -0.2) is 12.9 Å². The first-order valence-corrected chi connectivity index (χ1v) is 9.55. The van der Waals surface area contributed by atoms with E-state index in [9.17, 15) is 0 Å². The zero-order chi connectivity index (χ0) is 18.5. The third-order valence-corrected chi connectivity index (χ3v) is 5.49. The van der Waals surface area contributed by atoms with Gasteiger partial charge in [0.25, 0.3) is 0 Å². The minimum absolute atomic E-state index is 0.269. The minimum Gasteiger partial charge on any atom is -0.465 e. The Bertz CT molecular complexity index is 1280. The highest BCUT2D eigenvalue weighted by atomic mass is 16.7. The molecule has 1 atom stereocenters. The molecule has 0 aromatic heterocycles. The Kier molecular flexibility index (Phi) is 3.70. The van der Waals surface area contributed by atoms with Gasteiger partial charge in [-0.25, -0.2) is 0 Å². The fourth-order valence-electron chi connectivity index (χ4n) is 4.35. The van der Waals surface area contributed by atoms with E-state index in [0.717, 1.165) is 5.75 Å². The Labute approximate surface area is 158 Å². The lowest BCUT2D eigenvalue weighted by Crippen LogP contribution is -2.15. The lowest BCUT2D eigenvalue weighted by molar-refractivity contribution is -0.0611. The molecule has 0 bridgehead atoms. The van der Waals surface area contributed by atoms with Crippen LogP contribution in [0, 0.1) is 6.92 Å². The molecule has 5 aromatic carbocycles. The van der Waals surface area contributed by atoms with Crippen molar-refractivity contribution in [1.82, 2.24) is 0 Å². The smallest absolute Gasteiger partial charge is 0.196 e. The van der Waals surface area contributed by atoms with E-state index in [2.05, 4.69) is 67.6 Å². The van der Waals surface area contributed by atoms with Gasteiger partial charge in [-0.1, -0.05) is 48.5 Å². The largest absolute Gasteiger partial charge is 0.465 e. The first kappa shape index (κ1) is 16.3. The maximum Gasteiger partial charge on any atom is 0.196 e. The van der Waals surface area contributed by atoms with Gasteiger partial charge in [0.1, 0.15) is 5.75 Å². The summed E-state index contributed by atoms with van der Waals surface area (Å²) in [6.07, 6.45) is -0.269. The van der Waals surface area contributed by atoms with Gasteiger partial charge in [-0.05, 0) is 81.6 Å². The fourth-order valence-corrected chi connectivity index (χ4v) is 4.35. The molecule has 0 amide bonds. The van der Waals surface area contributed by atoms with Gasteiger partial charge in [0.05, 0.1) is 0 Å². The molecular weight excluding hydrogens is 332 g/mol. The van der Waals surface area contributed by atoms with E-state index in [1.807, 2.05) is 13.8 Å². The molecule has 2 nitrogen and oxygen atoms in total. The Morgan fingerprint density at radius 3 is 2.19 bits per heavy atom. The van der Waals surface area contributed by atoms with Gasteiger partial charge < -0.3 is 9.47 Å². The van der Waals surface area contributed by atoms with Crippen LogP contribution < -0.4 is 4.74 Å². The molecule has 27 heavy (non-hydrogen) atoms. The number of aryl methyl sites for hydroxylation is 1. The zero-order valence-electron chi connectivity index (χ0n) is 15.9. The average molecular weight is 354 g/mol. The van der Waals surface area contributed by atoms with Crippen molar-refractivity contribution in [3.05, 3.63) is 66.2 Å². The predicted molar refractivity (Wildman–Crippen MR) is 114 cm³/mol. The van der Waals surface area contributed by atoms with E-state index < -0.39 is 0 Å². The molecule has 0 aliphatic heterocycles. The van der Waals surface area contributed by atoms with Gasteiger partial charge in [-0.15, -0.1) is 0 Å². The molecule has 2 heteroatoms. The summed E-state index contributed by atoms with van der Waals surface area (Å²) in [5, 5.41) is 10.3. The maximum absolute atomic E-state index is 6.09. The molecule has 0 saturated carbocycles. The van der Waals surface area contributed by atoms with E-state index in [1.54, 1.807) is 0 Å². The first-order valence-electron chi connectivity index (χ1n) is 9.55. The fraction of sp³-hybridized carbons (Fsp3) is 0.200. The van der Waals surface area contributed by atoms with E-state index in [1.165, 1.54) is 48.7 Å². The molecule has 1 unspecified atom stereocenters. The van der Waals surface area contributed by atoms with Gasteiger partial charge in [0, 0.05) is 6.61 Å². The summed E-state index contributed by atoms with van der Waals surface area (Å²) >= 11 is 0. The van der Waals surface area contributed by atoms with Crippen molar-refractivity contribution < 1.29 is 9.47 Å². The quantitative estimate of drug-likeness (QED) is 0.200. The van der Waals surface area contributed by atoms with Crippen LogP contribution in [0.3, 0.4) is 0 Å². The van der Waals surface area contributed by atoms with Gasteiger partial charge >= 0.3 is 0 Å². The normalized spacial score (nSPS) is 13.1.